The van der Waals surface area contributed by atoms with Crippen molar-refractivity contribution < 1.29 is 9.90 Å². The van der Waals surface area contributed by atoms with Crippen molar-refractivity contribution in [1.82, 2.24) is 0 Å². The first-order valence-electron chi connectivity index (χ1n) is 3.43. The lowest BCUT2D eigenvalue weighted by atomic mass is 10.1. The van der Waals surface area contributed by atoms with Crippen LogP contribution < -0.4 is 0 Å². The SMILES string of the molecule is CC1CCC(C(=O)O)C1. The van der Waals surface area contributed by atoms with Gasteiger partial charge in [0, 0.05) is 0 Å². The summed E-state index contributed by atoms with van der Waals surface area (Å²) >= 11 is 0. The molecule has 0 heterocycles. The molecule has 1 aliphatic carbocycles. The van der Waals surface area contributed by atoms with Crippen molar-refractivity contribution in [3.63, 3.8) is 0 Å². The van der Waals surface area contributed by atoms with Crippen LogP contribution in [0.25, 0.3) is 0 Å². The predicted octanol–water partition coefficient (Wildman–Crippen LogP) is 1.51. The van der Waals surface area contributed by atoms with E-state index in [0.717, 1.165) is 19.3 Å². The van der Waals surface area contributed by atoms with E-state index in [9.17, 15) is 4.79 Å². The first-order chi connectivity index (χ1) is 4.20. The Labute approximate surface area is 54.9 Å². The van der Waals surface area contributed by atoms with E-state index >= 15 is 0 Å². The number of carboxylic acid groups (broad SMARTS) is 1. The third-order valence-electron chi connectivity index (χ3n) is 2.04. The van der Waals surface area contributed by atoms with Crippen molar-refractivity contribution in [3.8, 4) is 0 Å². The minimum Gasteiger partial charge on any atom is -0.481 e. The Balaban J connectivity index is 2.39. The van der Waals surface area contributed by atoms with Crippen LogP contribution in [0, 0.1) is 11.8 Å². The van der Waals surface area contributed by atoms with Gasteiger partial charge in [-0.15, -0.1) is 0 Å². The highest BCUT2D eigenvalue weighted by Gasteiger charge is 2.26. The molecule has 0 radical (unpaired) electrons. The summed E-state index contributed by atoms with van der Waals surface area (Å²) in [5.74, 6) is -0.0227. The number of hydrogen-bond acceptors (Lipinski definition) is 1. The van der Waals surface area contributed by atoms with E-state index in [1.54, 1.807) is 0 Å². The fraction of sp³-hybridized carbons (Fsp3) is 0.857. The van der Waals surface area contributed by atoms with Gasteiger partial charge >= 0.3 is 5.97 Å². The molecule has 9 heavy (non-hydrogen) atoms. The Bertz CT molecular complexity index is 120. The molecule has 1 fully saturated rings. The van der Waals surface area contributed by atoms with Crippen molar-refractivity contribution in [2.75, 3.05) is 0 Å². The quantitative estimate of drug-likeness (QED) is 0.581. The van der Waals surface area contributed by atoms with Gasteiger partial charge in [0.15, 0.2) is 0 Å². The highest BCUT2D eigenvalue weighted by Crippen LogP contribution is 2.29. The monoisotopic (exact) mass is 128 g/mol. The van der Waals surface area contributed by atoms with Crippen LogP contribution in [-0.2, 0) is 4.79 Å². The van der Waals surface area contributed by atoms with Crippen molar-refractivity contribution in [3.05, 3.63) is 0 Å². The lowest BCUT2D eigenvalue weighted by Gasteiger charge is -1.99. The van der Waals surface area contributed by atoms with Gasteiger partial charge in [-0.25, -0.2) is 0 Å². The summed E-state index contributed by atoms with van der Waals surface area (Å²) in [5.41, 5.74) is 0. The summed E-state index contributed by atoms with van der Waals surface area (Å²) in [5, 5.41) is 8.53. The molecular formula is C7H12O2. The molecule has 0 aliphatic heterocycles. The van der Waals surface area contributed by atoms with Gasteiger partial charge in [0.1, 0.15) is 0 Å². The number of hydrogen-bond donors (Lipinski definition) is 1. The van der Waals surface area contributed by atoms with Crippen LogP contribution in [0.5, 0.6) is 0 Å². The maximum absolute atomic E-state index is 10.3. The molecule has 1 N–H and O–H groups in total. The lowest BCUT2D eigenvalue weighted by Crippen LogP contribution is -2.08. The highest BCUT2D eigenvalue weighted by atomic mass is 16.4. The third kappa shape index (κ3) is 1.44. The van der Waals surface area contributed by atoms with Crippen molar-refractivity contribution in [2.45, 2.75) is 26.2 Å². The molecule has 0 aromatic heterocycles. The maximum Gasteiger partial charge on any atom is 0.306 e. The van der Waals surface area contributed by atoms with E-state index in [4.69, 9.17) is 5.11 Å². The first-order valence-corrected chi connectivity index (χ1v) is 3.43. The zero-order chi connectivity index (χ0) is 6.85. The number of aliphatic carboxylic acids is 1. The van der Waals surface area contributed by atoms with Gasteiger partial charge in [0.25, 0.3) is 0 Å². The van der Waals surface area contributed by atoms with Crippen molar-refractivity contribution >= 4 is 5.97 Å². The molecule has 0 amide bonds. The zero-order valence-corrected chi connectivity index (χ0v) is 5.63. The number of carboxylic acids is 1. The fourth-order valence-corrected chi connectivity index (χ4v) is 1.43. The average Bonchev–Trinajstić information content (AvgIpc) is 2.14. The van der Waals surface area contributed by atoms with Crippen LogP contribution in [0.4, 0.5) is 0 Å². The summed E-state index contributed by atoms with van der Waals surface area (Å²) in [6, 6.07) is 0. The summed E-state index contributed by atoms with van der Waals surface area (Å²) < 4.78 is 0. The third-order valence-corrected chi connectivity index (χ3v) is 2.04. The maximum atomic E-state index is 10.3. The Morgan fingerprint density at radius 1 is 1.56 bits per heavy atom. The molecule has 52 valence electrons. The molecule has 0 saturated heterocycles. The molecule has 2 nitrogen and oxygen atoms in total. The zero-order valence-electron chi connectivity index (χ0n) is 5.63. The molecule has 0 bridgehead atoms. The van der Waals surface area contributed by atoms with E-state index in [1.165, 1.54) is 0 Å². The molecule has 1 saturated carbocycles. The molecule has 1 aliphatic rings. The number of carbonyl (C=O) groups is 1. The second-order valence-electron chi connectivity index (χ2n) is 2.95. The Kier molecular flexibility index (Phi) is 1.74. The van der Waals surface area contributed by atoms with E-state index in [2.05, 4.69) is 6.92 Å². The van der Waals surface area contributed by atoms with Crippen LogP contribution in [0.15, 0.2) is 0 Å². The Morgan fingerprint density at radius 3 is 2.44 bits per heavy atom. The summed E-state index contributed by atoms with van der Waals surface area (Å²) in [6.07, 6.45) is 2.86. The highest BCUT2D eigenvalue weighted by molar-refractivity contribution is 5.70. The largest absolute Gasteiger partial charge is 0.481 e. The van der Waals surface area contributed by atoms with Gasteiger partial charge in [-0.2, -0.15) is 0 Å². The second kappa shape index (κ2) is 2.38. The Morgan fingerprint density at radius 2 is 2.22 bits per heavy atom. The van der Waals surface area contributed by atoms with Crippen LogP contribution in [0.3, 0.4) is 0 Å². The summed E-state index contributed by atoms with van der Waals surface area (Å²) in [6.45, 7) is 2.11. The molecule has 2 atom stereocenters. The van der Waals surface area contributed by atoms with Crippen molar-refractivity contribution in [2.24, 2.45) is 11.8 Å². The van der Waals surface area contributed by atoms with Gasteiger partial charge in [0.05, 0.1) is 5.92 Å². The average molecular weight is 128 g/mol. The second-order valence-corrected chi connectivity index (χ2v) is 2.95. The molecule has 0 aromatic carbocycles. The molecule has 0 aromatic rings. The van der Waals surface area contributed by atoms with Gasteiger partial charge in [-0.1, -0.05) is 6.92 Å². The minimum atomic E-state index is -0.612. The first kappa shape index (κ1) is 6.59. The minimum absolute atomic E-state index is 0.0417. The van der Waals surface area contributed by atoms with Crippen LogP contribution >= 0.6 is 0 Å². The van der Waals surface area contributed by atoms with Crippen LogP contribution in [0.2, 0.25) is 0 Å². The predicted molar refractivity (Wildman–Crippen MR) is 34.1 cm³/mol. The van der Waals surface area contributed by atoms with E-state index < -0.39 is 5.97 Å². The molecule has 0 spiro atoms. The topological polar surface area (TPSA) is 37.3 Å². The molecular weight excluding hydrogens is 116 g/mol. The fourth-order valence-electron chi connectivity index (χ4n) is 1.43. The molecule has 2 unspecified atom stereocenters. The lowest BCUT2D eigenvalue weighted by molar-refractivity contribution is -0.141. The van der Waals surface area contributed by atoms with E-state index in [0.29, 0.717) is 5.92 Å². The van der Waals surface area contributed by atoms with Crippen molar-refractivity contribution in [1.29, 1.82) is 0 Å². The van der Waals surface area contributed by atoms with E-state index in [1.807, 2.05) is 0 Å². The van der Waals surface area contributed by atoms with E-state index in [-0.39, 0.29) is 5.92 Å². The van der Waals surface area contributed by atoms with Gasteiger partial charge in [0.2, 0.25) is 0 Å². The van der Waals surface area contributed by atoms with Gasteiger partial charge in [-0.05, 0) is 25.2 Å². The molecule has 2 heteroatoms. The smallest absolute Gasteiger partial charge is 0.306 e. The van der Waals surface area contributed by atoms with Crippen LogP contribution in [0.1, 0.15) is 26.2 Å². The standard InChI is InChI=1S/C7H12O2/c1-5-2-3-6(4-5)7(8)9/h5-6H,2-4H2,1H3,(H,8,9). The number of rotatable bonds is 1. The summed E-state index contributed by atoms with van der Waals surface area (Å²) in [7, 11) is 0. The molecule has 1 rings (SSSR count). The summed E-state index contributed by atoms with van der Waals surface area (Å²) in [4.78, 5) is 10.3. The van der Waals surface area contributed by atoms with Gasteiger partial charge < -0.3 is 5.11 Å². The van der Waals surface area contributed by atoms with Gasteiger partial charge in [-0.3, -0.25) is 4.79 Å². The van der Waals surface area contributed by atoms with Crippen LogP contribution in [-0.4, -0.2) is 11.1 Å². The Hall–Kier alpha value is -0.530. The normalized spacial score (nSPS) is 34.8.